The van der Waals surface area contributed by atoms with Crippen molar-refractivity contribution in [2.75, 3.05) is 25.5 Å². The topological polar surface area (TPSA) is 147 Å². The zero-order valence-electron chi connectivity index (χ0n) is 29.1. The van der Waals surface area contributed by atoms with E-state index in [0.717, 1.165) is 28.8 Å². The molecule has 4 atom stereocenters. The Bertz CT molecular complexity index is 2300. The van der Waals surface area contributed by atoms with Crippen molar-refractivity contribution in [2.24, 2.45) is 11.8 Å². The molecule has 8 rings (SSSR count). The molecule has 3 aromatic heterocycles. The van der Waals surface area contributed by atoms with E-state index in [4.69, 9.17) is 16.7 Å². The van der Waals surface area contributed by atoms with E-state index in [1.165, 1.54) is 35.9 Å². The molecule has 2 amide bonds. The predicted molar refractivity (Wildman–Crippen MR) is 197 cm³/mol. The molecule has 2 aliphatic rings. The highest BCUT2D eigenvalue weighted by atomic mass is 35.5. The fourth-order valence-corrected chi connectivity index (χ4v) is 7.56. The summed E-state index contributed by atoms with van der Waals surface area (Å²) >= 11 is 6.19. The van der Waals surface area contributed by atoms with Gasteiger partial charge in [-0.05, 0) is 77.1 Å². The second-order valence-electron chi connectivity index (χ2n) is 13.6. The number of hydrogen-bond donors (Lipinski definition) is 1. The van der Waals surface area contributed by atoms with Gasteiger partial charge in [-0.3, -0.25) is 14.8 Å². The Morgan fingerprint density at radius 2 is 1.85 bits per heavy atom. The van der Waals surface area contributed by atoms with E-state index >= 15 is 4.39 Å². The quantitative estimate of drug-likeness (QED) is 0.125. The highest BCUT2D eigenvalue weighted by Gasteiger charge is 2.48. The normalized spacial score (nSPS) is 18.4. The van der Waals surface area contributed by atoms with Gasteiger partial charge in [0.1, 0.15) is 12.4 Å². The van der Waals surface area contributed by atoms with Crippen LogP contribution in [0.2, 0.25) is 5.02 Å². The van der Waals surface area contributed by atoms with Crippen LogP contribution in [-0.4, -0.2) is 67.1 Å². The third kappa shape index (κ3) is 6.99. The van der Waals surface area contributed by atoms with Gasteiger partial charge in [0.05, 0.1) is 35.1 Å². The van der Waals surface area contributed by atoms with Crippen LogP contribution in [0.25, 0.3) is 27.9 Å². The number of halogens is 2. The van der Waals surface area contributed by atoms with Crippen molar-refractivity contribution in [3.05, 3.63) is 131 Å². The number of carbonyl (C=O) groups is 2. The first-order valence-corrected chi connectivity index (χ1v) is 17.9. The molecule has 1 N–H and O–H groups in total. The molecule has 1 aliphatic carbocycles. The van der Waals surface area contributed by atoms with Crippen LogP contribution in [0, 0.1) is 22.9 Å². The molecule has 0 bridgehead atoms. The summed E-state index contributed by atoms with van der Waals surface area (Å²) in [6.45, 7) is 1.41. The Balaban J connectivity index is 1.08. The van der Waals surface area contributed by atoms with Crippen LogP contribution in [0.5, 0.6) is 0 Å². The molecule has 274 valence electrons. The van der Waals surface area contributed by atoms with E-state index in [-0.39, 0.29) is 33.9 Å². The molecule has 6 aromatic rings. The lowest BCUT2D eigenvalue weighted by Crippen LogP contribution is -2.36. The molecule has 1 saturated heterocycles. The highest BCUT2D eigenvalue weighted by Crippen LogP contribution is 2.47. The number of anilines is 1. The molecule has 1 saturated carbocycles. The lowest BCUT2D eigenvalue weighted by molar-refractivity contribution is -0.615. The maximum atomic E-state index is 15.6. The van der Waals surface area contributed by atoms with Gasteiger partial charge in [-0.15, -0.1) is 5.10 Å². The van der Waals surface area contributed by atoms with Crippen molar-refractivity contribution in [3.8, 4) is 27.9 Å². The van der Waals surface area contributed by atoms with E-state index in [2.05, 4.69) is 37.7 Å². The minimum absolute atomic E-state index is 0.0334. The van der Waals surface area contributed by atoms with Crippen molar-refractivity contribution < 1.29 is 23.4 Å². The van der Waals surface area contributed by atoms with Gasteiger partial charge in [0.2, 0.25) is 11.6 Å². The van der Waals surface area contributed by atoms with Crippen LogP contribution in [0.15, 0.2) is 104 Å². The Morgan fingerprint density at radius 3 is 2.59 bits per heavy atom. The Kier molecular flexibility index (Phi) is 9.50. The summed E-state index contributed by atoms with van der Waals surface area (Å²) in [5, 5.41) is 32.4. The molecule has 3 aromatic carbocycles. The fraction of sp³-hybridized carbons (Fsp3) is 0.256. The summed E-state index contributed by atoms with van der Waals surface area (Å²) in [7, 11) is 1.30. The van der Waals surface area contributed by atoms with Crippen molar-refractivity contribution in [1.29, 1.82) is 0 Å². The van der Waals surface area contributed by atoms with Crippen molar-refractivity contribution >= 4 is 29.3 Å². The number of pyridine rings is 1. The molecule has 2 unspecified atom stereocenters. The number of rotatable bonds is 10. The zero-order valence-corrected chi connectivity index (χ0v) is 29.9. The molecule has 2 fully saturated rings. The average molecular weight is 748 g/mol. The smallest absolute Gasteiger partial charge is 0.411 e. The van der Waals surface area contributed by atoms with Crippen LogP contribution < -0.4 is 10.0 Å². The van der Waals surface area contributed by atoms with Crippen LogP contribution >= 0.6 is 11.6 Å². The number of hydrogen-bond acceptors (Lipinski definition) is 8. The van der Waals surface area contributed by atoms with Gasteiger partial charge in [-0.1, -0.05) is 54.1 Å². The zero-order chi connectivity index (χ0) is 37.3. The summed E-state index contributed by atoms with van der Waals surface area (Å²) < 4.78 is 24.1. The third-order valence-electron chi connectivity index (χ3n) is 10.4. The van der Waals surface area contributed by atoms with Crippen molar-refractivity contribution in [2.45, 2.75) is 31.2 Å². The first-order valence-electron chi connectivity index (χ1n) is 17.6. The van der Waals surface area contributed by atoms with Gasteiger partial charge in [-0.2, -0.15) is 14.5 Å². The Hall–Kier alpha value is -6.15. The molecule has 0 radical (unpaired) electrons. The summed E-state index contributed by atoms with van der Waals surface area (Å²) in [6.07, 6.45) is 7.77. The maximum Gasteiger partial charge on any atom is 0.411 e. The summed E-state index contributed by atoms with van der Waals surface area (Å²) in [6, 6.07) is 23.3. The maximum absolute atomic E-state index is 15.6. The number of amides is 2. The van der Waals surface area contributed by atoms with E-state index in [9.17, 15) is 14.8 Å². The first-order chi connectivity index (χ1) is 26.3. The van der Waals surface area contributed by atoms with Gasteiger partial charge in [-0.25, -0.2) is 9.18 Å². The molecule has 54 heavy (non-hydrogen) atoms. The first kappa shape index (κ1) is 34.9. The molecular formula is C39H35ClFN9O4. The standard InChI is InChI=1S/C39H35ClFN9O4/c1-54-39(52)44-30-10-7-25(8-11-30)29-19-43-48(21-29)35(18-28-17-31(28)38(51)47-16-15-26(20-47)24-5-3-2-4-6-24)33-13-9-27(22-50(33)53)36-34(49-23-42-45-46-49)14-12-32(40)37(36)41/h2-14,19,21-23,26,28,31,35H,15-18,20H2,1H3,(H,44,52)/t26?,28-,31+,35?/m1/s1. The minimum Gasteiger partial charge on any atom is -0.618 e. The van der Waals surface area contributed by atoms with E-state index < -0.39 is 18.0 Å². The highest BCUT2D eigenvalue weighted by molar-refractivity contribution is 6.31. The van der Waals surface area contributed by atoms with E-state index in [1.54, 1.807) is 41.2 Å². The number of nitrogens with one attached hydrogen (secondary N) is 1. The molecule has 15 heteroatoms. The minimum atomic E-state index is -0.714. The van der Waals surface area contributed by atoms with Crippen LogP contribution in [0.4, 0.5) is 14.9 Å². The van der Waals surface area contributed by atoms with Gasteiger partial charge in [0.25, 0.3) is 0 Å². The number of likely N-dealkylation sites (tertiary alicyclic amines) is 1. The second-order valence-corrected chi connectivity index (χ2v) is 14.0. The number of aromatic nitrogens is 7. The lowest BCUT2D eigenvalue weighted by Gasteiger charge is -2.20. The second kappa shape index (κ2) is 14.7. The number of ether oxygens (including phenoxy) is 1. The monoisotopic (exact) mass is 747 g/mol. The summed E-state index contributed by atoms with van der Waals surface area (Å²) in [5.74, 6) is -0.363. The molecule has 1 aliphatic heterocycles. The number of methoxy groups -OCH3 is 1. The molecular weight excluding hydrogens is 713 g/mol. The fourth-order valence-electron chi connectivity index (χ4n) is 7.40. The molecule has 4 heterocycles. The average Bonchev–Trinajstić information content (AvgIpc) is 3.63. The molecule has 0 spiro atoms. The van der Waals surface area contributed by atoms with Crippen molar-refractivity contribution in [1.82, 2.24) is 34.9 Å². The Labute approximate surface area is 314 Å². The van der Waals surface area contributed by atoms with Gasteiger partial charge in [0.15, 0.2) is 12.0 Å². The van der Waals surface area contributed by atoms with Crippen LogP contribution in [0.3, 0.4) is 0 Å². The lowest BCUT2D eigenvalue weighted by atomic mass is 9.99. The number of carbonyl (C=O) groups excluding carboxylic acids is 2. The van der Waals surface area contributed by atoms with E-state index in [0.29, 0.717) is 42.4 Å². The van der Waals surface area contributed by atoms with Gasteiger partial charge in [0, 0.05) is 48.4 Å². The number of benzene rings is 3. The summed E-state index contributed by atoms with van der Waals surface area (Å²) in [4.78, 5) is 27.4. The van der Waals surface area contributed by atoms with Gasteiger partial charge >= 0.3 is 6.09 Å². The largest absolute Gasteiger partial charge is 0.618 e. The van der Waals surface area contributed by atoms with Gasteiger partial charge < -0.3 is 14.8 Å². The van der Waals surface area contributed by atoms with Crippen LogP contribution in [-0.2, 0) is 9.53 Å². The molecule has 13 nitrogen and oxygen atoms in total. The predicted octanol–water partition coefficient (Wildman–Crippen LogP) is 6.43. The Morgan fingerprint density at radius 1 is 1.06 bits per heavy atom. The third-order valence-corrected chi connectivity index (χ3v) is 10.6. The van der Waals surface area contributed by atoms with E-state index in [1.807, 2.05) is 41.4 Å². The SMILES string of the molecule is COC(=O)Nc1ccc(-c2cnn(C(C[C@H]3C[C@@H]3C(=O)N3CCC(c4ccccc4)C3)c3ccc(-c4c(-n5cnnn5)ccc(Cl)c4F)c[n+]3[O-])c2)cc1. The number of tetrazole rings is 1. The van der Waals surface area contributed by atoms with Crippen LogP contribution in [0.1, 0.15) is 42.5 Å². The van der Waals surface area contributed by atoms with Crippen molar-refractivity contribution in [3.63, 3.8) is 0 Å². The summed E-state index contributed by atoms with van der Waals surface area (Å²) in [5.41, 5.74) is 4.48. The number of nitrogens with zero attached hydrogens (tertiary/aromatic N) is 8.